The van der Waals surface area contributed by atoms with Gasteiger partial charge in [0.05, 0.1) is 6.61 Å². The Bertz CT molecular complexity index is 1220. The van der Waals surface area contributed by atoms with E-state index in [2.05, 4.69) is 51.6 Å². The largest absolute Gasteiger partial charge is 0.449 e. The number of ketones is 2. The first kappa shape index (κ1) is 34.3. The quantitative estimate of drug-likeness (QED) is 0.114. The highest BCUT2D eigenvalue weighted by molar-refractivity contribution is 6.99. The summed E-state index contributed by atoms with van der Waals surface area (Å²) in [5.74, 6) is -7.49. The van der Waals surface area contributed by atoms with Gasteiger partial charge in [0.15, 0.2) is 0 Å². The Labute approximate surface area is 255 Å². The Kier molecular flexibility index (Phi) is 11.6. The van der Waals surface area contributed by atoms with Gasteiger partial charge in [0.1, 0.15) is 11.7 Å². The van der Waals surface area contributed by atoms with Crippen LogP contribution >= 0.6 is 0 Å². The number of carbonyl (C=O) groups is 3. The van der Waals surface area contributed by atoms with Crippen LogP contribution < -0.4 is 10.4 Å². The van der Waals surface area contributed by atoms with E-state index < -0.39 is 56.8 Å². The minimum atomic E-state index is -3.81. The number of Topliss-reactive ketones (excluding diaryl/α,β-unsaturated/α-hetero) is 2. The fourth-order valence-electron chi connectivity index (χ4n) is 5.75. The van der Waals surface area contributed by atoms with Gasteiger partial charge in [-0.15, -0.1) is 0 Å². The Morgan fingerprint density at radius 3 is 2.07 bits per heavy atom. The molecule has 0 N–H and O–H groups in total. The summed E-state index contributed by atoms with van der Waals surface area (Å²) in [7, 11) is -2.86. The van der Waals surface area contributed by atoms with Crippen molar-refractivity contribution in [1.82, 2.24) is 4.90 Å². The smallest absolute Gasteiger partial charge is 0.410 e. The number of rotatable bonds is 13. The molecule has 43 heavy (non-hydrogen) atoms. The molecule has 1 amide bonds. The van der Waals surface area contributed by atoms with E-state index in [1.54, 1.807) is 6.92 Å². The molecule has 0 radical (unpaired) electrons. The third-order valence-electron chi connectivity index (χ3n) is 8.09. The van der Waals surface area contributed by atoms with Crippen LogP contribution in [0.4, 0.5) is 13.6 Å². The fourth-order valence-corrected chi connectivity index (χ4v) is 10.3. The number of ether oxygens (including phenoxy) is 1. The van der Waals surface area contributed by atoms with Crippen molar-refractivity contribution >= 4 is 36.4 Å². The minimum Gasteiger partial charge on any atom is -0.449 e. The standard InChI is InChI=1S/C34H45F2NO5Si/c1-7-8-20-41-32(40)37-24-29(30(38)22-26(37)3)31(39)34(35,36)23-25(2)19-21-42-43(33(4,5)6,27-15-11-9-12-16-27)28-17-13-10-14-18-28/h9-18,26,29H,2,7-8,19-24H2,1,3-6H3. The van der Waals surface area contributed by atoms with E-state index in [1.165, 1.54) is 4.90 Å². The second-order valence-corrected chi connectivity index (χ2v) is 16.8. The van der Waals surface area contributed by atoms with Gasteiger partial charge in [-0.1, -0.05) is 107 Å². The van der Waals surface area contributed by atoms with E-state index >= 15 is 8.78 Å². The lowest BCUT2D eigenvalue weighted by atomic mass is 9.85. The second-order valence-electron chi connectivity index (χ2n) is 12.4. The topological polar surface area (TPSA) is 72.9 Å². The molecule has 0 saturated carbocycles. The summed E-state index contributed by atoms with van der Waals surface area (Å²) in [6.07, 6.45) is -0.159. The average molecular weight is 614 g/mol. The van der Waals surface area contributed by atoms with Crippen LogP contribution in [0.3, 0.4) is 0 Å². The molecule has 1 aliphatic rings. The van der Waals surface area contributed by atoms with Crippen molar-refractivity contribution in [1.29, 1.82) is 0 Å². The van der Waals surface area contributed by atoms with Crippen molar-refractivity contribution in [2.75, 3.05) is 19.8 Å². The van der Waals surface area contributed by atoms with Crippen LogP contribution in [0.25, 0.3) is 0 Å². The molecule has 0 bridgehead atoms. The number of hydrogen-bond donors (Lipinski definition) is 0. The van der Waals surface area contributed by atoms with Crippen molar-refractivity contribution in [2.45, 2.75) is 83.7 Å². The van der Waals surface area contributed by atoms with Crippen molar-refractivity contribution in [3.05, 3.63) is 72.8 Å². The van der Waals surface area contributed by atoms with Gasteiger partial charge in [0.25, 0.3) is 8.32 Å². The van der Waals surface area contributed by atoms with Gasteiger partial charge >= 0.3 is 12.0 Å². The molecule has 3 rings (SSSR count). The molecule has 0 aliphatic carbocycles. The lowest BCUT2D eigenvalue weighted by Crippen LogP contribution is -2.66. The number of nitrogens with zero attached hydrogens (tertiary/aromatic N) is 1. The molecule has 2 aromatic carbocycles. The van der Waals surface area contributed by atoms with E-state index in [0.717, 1.165) is 16.8 Å². The Morgan fingerprint density at radius 1 is 1.00 bits per heavy atom. The van der Waals surface area contributed by atoms with Gasteiger partial charge in [0, 0.05) is 32.0 Å². The Balaban J connectivity index is 1.71. The minimum absolute atomic E-state index is 0.124. The fraction of sp³-hybridized carbons (Fsp3) is 0.500. The van der Waals surface area contributed by atoms with E-state index in [-0.39, 0.29) is 36.7 Å². The second kappa shape index (κ2) is 14.5. The van der Waals surface area contributed by atoms with E-state index in [0.29, 0.717) is 6.42 Å². The van der Waals surface area contributed by atoms with Crippen LogP contribution in [0, 0.1) is 5.92 Å². The predicted octanol–water partition coefficient (Wildman–Crippen LogP) is 6.32. The predicted molar refractivity (Wildman–Crippen MR) is 167 cm³/mol. The maximum absolute atomic E-state index is 15.4. The van der Waals surface area contributed by atoms with Crippen LogP contribution in [0.2, 0.25) is 5.04 Å². The molecular formula is C34H45F2NO5Si. The Hall–Kier alpha value is -3.17. The first-order valence-corrected chi connectivity index (χ1v) is 16.9. The number of halogens is 2. The number of hydrogen-bond acceptors (Lipinski definition) is 5. The molecule has 1 aliphatic heterocycles. The maximum atomic E-state index is 15.4. The van der Waals surface area contributed by atoms with Crippen LogP contribution in [0.15, 0.2) is 72.8 Å². The third-order valence-corrected chi connectivity index (χ3v) is 13.1. The molecule has 2 aromatic rings. The molecular weight excluding hydrogens is 568 g/mol. The average Bonchev–Trinajstić information content (AvgIpc) is 2.95. The van der Waals surface area contributed by atoms with E-state index in [9.17, 15) is 14.4 Å². The van der Waals surface area contributed by atoms with Crippen LogP contribution in [-0.4, -0.2) is 62.6 Å². The lowest BCUT2D eigenvalue weighted by Gasteiger charge is -2.43. The van der Waals surface area contributed by atoms with Crippen LogP contribution in [0.5, 0.6) is 0 Å². The summed E-state index contributed by atoms with van der Waals surface area (Å²) in [4.78, 5) is 39.4. The summed E-state index contributed by atoms with van der Waals surface area (Å²) in [6.45, 7) is 13.8. The third kappa shape index (κ3) is 8.06. The molecule has 0 aromatic heterocycles. The summed E-state index contributed by atoms with van der Waals surface area (Å²) in [5, 5.41) is 1.86. The number of unbranched alkanes of at least 4 members (excludes halogenated alkanes) is 1. The van der Waals surface area contributed by atoms with Crippen molar-refractivity contribution in [3.8, 4) is 0 Å². The highest BCUT2D eigenvalue weighted by Crippen LogP contribution is 2.37. The molecule has 2 atom stereocenters. The van der Waals surface area contributed by atoms with Crippen LogP contribution in [-0.2, 0) is 18.8 Å². The number of carbonyl (C=O) groups excluding carboxylic acids is 3. The SMILES string of the molecule is C=C(CCO[Si](c1ccccc1)(c1ccccc1)C(C)(C)C)CC(F)(F)C(=O)C1CN(C(=O)OCCCC)C(C)CC1=O. The molecule has 1 saturated heterocycles. The van der Waals surface area contributed by atoms with Gasteiger partial charge in [-0.3, -0.25) is 9.59 Å². The number of amides is 1. The first-order chi connectivity index (χ1) is 20.2. The number of piperidine rings is 1. The molecule has 2 unspecified atom stereocenters. The van der Waals surface area contributed by atoms with Gasteiger partial charge in [-0.25, -0.2) is 4.79 Å². The molecule has 1 fully saturated rings. The van der Waals surface area contributed by atoms with Crippen LogP contribution in [0.1, 0.15) is 66.7 Å². The molecule has 1 heterocycles. The monoisotopic (exact) mass is 613 g/mol. The van der Waals surface area contributed by atoms with E-state index in [1.807, 2.05) is 43.3 Å². The summed E-state index contributed by atoms with van der Waals surface area (Å²) in [6, 6.07) is 19.5. The van der Waals surface area contributed by atoms with Gasteiger partial charge < -0.3 is 14.1 Å². The van der Waals surface area contributed by atoms with Crippen molar-refractivity contribution in [2.24, 2.45) is 5.92 Å². The zero-order valence-corrected chi connectivity index (χ0v) is 27.0. The lowest BCUT2D eigenvalue weighted by molar-refractivity contribution is -0.153. The summed E-state index contributed by atoms with van der Waals surface area (Å²) >= 11 is 0. The van der Waals surface area contributed by atoms with Gasteiger partial charge in [0.2, 0.25) is 5.78 Å². The normalized spacial score (nSPS) is 17.9. The summed E-state index contributed by atoms with van der Waals surface area (Å²) in [5.41, 5.74) is 0.156. The zero-order chi connectivity index (χ0) is 31.8. The maximum Gasteiger partial charge on any atom is 0.410 e. The Morgan fingerprint density at radius 2 is 1.56 bits per heavy atom. The number of alkyl halides is 2. The highest BCUT2D eigenvalue weighted by atomic mass is 28.4. The first-order valence-electron chi connectivity index (χ1n) is 15.0. The zero-order valence-electron chi connectivity index (χ0n) is 26.0. The van der Waals surface area contributed by atoms with Crippen molar-refractivity contribution in [3.63, 3.8) is 0 Å². The van der Waals surface area contributed by atoms with Crippen molar-refractivity contribution < 1.29 is 32.3 Å². The molecule has 9 heteroatoms. The number of likely N-dealkylation sites (tertiary alicyclic amines) is 1. The number of benzene rings is 2. The molecule has 234 valence electrons. The van der Waals surface area contributed by atoms with E-state index in [4.69, 9.17) is 9.16 Å². The van der Waals surface area contributed by atoms with Gasteiger partial charge in [-0.05, 0) is 35.2 Å². The molecule has 6 nitrogen and oxygen atoms in total. The summed E-state index contributed by atoms with van der Waals surface area (Å²) < 4.78 is 42.7. The highest BCUT2D eigenvalue weighted by Gasteiger charge is 2.51. The molecule has 0 spiro atoms. The van der Waals surface area contributed by atoms with Gasteiger partial charge in [-0.2, -0.15) is 8.78 Å².